The molecular formula is C20H26N4O4S. The number of rotatable bonds is 8. The van der Waals surface area contributed by atoms with Crippen molar-refractivity contribution < 1.29 is 18.0 Å². The minimum Gasteiger partial charge on any atom is -0.337 e. The molecule has 3 rings (SSSR count). The third-order valence-corrected chi connectivity index (χ3v) is 6.67. The predicted molar refractivity (Wildman–Crippen MR) is 110 cm³/mol. The number of aromatic nitrogens is 2. The highest BCUT2D eigenvalue weighted by Crippen LogP contribution is 2.21. The fraction of sp³-hybridized carbons (Fsp3) is 0.450. The van der Waals surface area contributed by atoms with Gasteiger partial charge in [-0.3, -0.25) is 9.59 Å². The van der Waals surface area contributed by atoms with E-state index in [0.29, 0.717) is 30.8 Å². The van der Waals surface area contributed by atoms with Crippen LogP contribution in [0.15, 0.2) is 43.0 Å². The van der Waals surface area contributed by atoms with Crippen LogP contribution in [0.4, 0.5) is 5.69 Å². The maximum atomic E-state index is 13.1. The van der Waals surface area contributed by atoms with Crippen LogP contribution in [0.3, 0.4) is 0 Å². The molecule has 1 saturated heterocycles. The van der Waals surface area contributed by atoms with Crippen LogP contribution in [0.5, 0.6) is 0 Å². The van der Waals surface area contributed by atoms with Gasteiger partial charge in [0.15, 0.2) is 9.84 Å². The van der Waals surface area contributed by atoms with Gasteiger partial charge in [-0.15, -0.1) is 0 Å². The molecule has 9 heteroatoms. The monoisotopic (exact) mass is 418 g/mol. The largest absolute Gasteiger partial charge is 0.337 e. The molecule has 1 aliphatic rings. The Bertz CT molecular complexity index is 957. The van der Waals surface area contributed by atoms with E-state index in [-0.39, 0.29) is 35.8 Å². The summed E-state index contributed by atoms with van der Waals surface area (Å²) in [6.07, 6.45) is 6.60. The summed E-state index contributed by atoms with van der Waals surface area (Å²) in [7, 11) is -3.08. The van der Waals surface area contributed by atoms with Crippen molar-refractivity contribution in [2.75, 3.05) is 23.4 Å². The molecule has 1 N–H and O–H groups in total. The number of nitrogens with one attached hydrogen (secondary N) is 1. The first-order chi connectivity index (χ1) is 13.9. The molecule has 1 fully saturated rings. The Morgan fingerprint density at radius 1 is 1.34 bits per heavy atom. The number of anilines is 1. The summed E-state index contributed by atoms with van der Waals surface area (Å²) in [4.78, 5) is 30.9. The number of imidazole rings is 1. The molecule has 0 radical (unpaired) electrons. The van der Waals surface area contributed by atoms with Gasteiger partial charge in [0.2, 0.25) is 5.91 Å². The van der Waals surface area contributed by atoms with Crippen molar-refractivity contribution in [1.29, 1.82) is 0 Å². The maximum Gasteiger partial charge on any atom is 0.254 e. The number of hydrogen-bond donors (Lipinski definition) is 1. The lowest BCUT2D eigenvalue weighted by molar-refractivity contribution is -0.116. The first-order valence-corrected chi connectivity index (χ1v) is 11.6. The average Bonchev–Trinajstić information content (AvgIpc) is 3.33. The summed E-state index contributed by atoms with van der Waals surface area (Å²) in [5, 5.41) is 2.81. The topological polar surface area (TPSA) is 101 Å². The molecule has 2 aromatic rings. The van der Waals surface area contributed by atoms with E-state index in [2.05, 4.69) is 10.3 Å². The van der Waals surface area contributed by atoms with E-state index in [1.807, 2.05) is 11.5 Å². The van der Waals surface area contributed by atoms with Crippen LogP contribution in [0.2, 0.25) is 0 Å². The Morgan fingerprint density at radius 3 is 2.83 bits per heavy atom. The zero-order chi connectivity index (χ0) is 20.9. The van der Waals surface area contributed by atoms with Crippen LogP contribution in [0.25, 0.3) is 0 Å². The van der Waals surface area contributed by atoms with Crippen LogP contribution in [0, 0.1) is 0 Å². The minimum atomic E-state index is -3.08. The lowest BCUT2D eigenvalue weighted by atomic mass is 10.1. The third-order valence-electron chi connectivity index (χ3n) is 4.92. The molecule has 1 aromatic heterocycles. The van der Waals surface area contributed by atoms with Gasteiger partial charge in [0.25, 0.3) is 5.91 Å². The van der Waals surface area contributed by atoms with Crippen molar-refractivity contribution in [3.8, 4) is 0 Å². The third kappa shape index (κ3) is 5.66. The fourth-order valence-corrected chi connectivity index (χ4v) is 5.21. The molecule has 0 saturated carbocycles. The van der Waals surface area contributed by atoms with Crippen LogP contribution in [-0.2, 0) is 21.2 Å². The number of sulfone groups is 1. The highest BCUT2D eigenvalue weighted by molar-refractivity contribution is 7.91. The summed E-state index contributed by atoms with van der Waals surface area (Å²) in [6, 6.07) is 6.49. The van der Waals surface area contributed by atoms with Gasteiger partial charge in [-0.05, 0) is 31.0 Å². The molecule has 2 heterocycles. The van der Waals surface area contributed by atoms with Crippen LogP contribution in [0.1, 0.15) is 36.5 Å². The highest BCUT2D eigenvalue weighted by Gasteiger charge is 2.34. The zero-order valence-corrected chi connectivity index (χ0v) is 17.3. The van der Waals surface area contributed by atoms with Gasteiger partial charge in [0.05, 0.1) is 17.8 Å². The normalized spacial score (nSPS) is 17.8. The summed E-state index contributed by atoms with van der Waals surface area (Å²) in [5.74, 6) is -0.222. The Labute approximate surface area is 170 Å². The number of carbonyl (C=O) groups is 2. The standard InChI is InChI=1S/C20H26N4O4S/c1-2-9-24(18-7-12-29(27,28)14-18)20(26)16-4-3-5-17(13-16)22-19(25)6-10-23-11-8-21-15-23/h3-5,8,11,13,15,18H,2,6-7,9-10,12,14H2,1H3,(H,22,25). The molecule has 29 heavy (non-hydrogen) atoms. The number of hydrogen-bond acceptors (Lipinski definition) is 5. The van der Waals surface area contributed by atoms with Gasteiger partial charge >= 0.3 is 0 Å². The molecule has 1 aromatic carbocycles. The van der Waals surface area contributed by atoms with Gasteiger partial charge in [0, 0.05) is 49.2 Å². The van der Waals surface area contributed by atoms with Crippen LogP contribution < -0.4 is 5.32 Å². The van der Waals surface area contributed by atoms with Crippen LogP contribution in [-0.4, -0.2) is 58.8 Å². The van der Waals surface area contributed by atoms with Crippen molar-refractivity contribution >= 4 is 27.3 Å². The van der Waals surface area contributed by atoms with Crippen molar-refractivity contribution in [1.82, 2.24) is 14.5 Å². The second-order valence-electron chi connectivity index (χ2n) is 7.23. The average molecular weight is 419 g/mol. The SMILES string of the molecule is CCCN(C(=O)c1cccc(NC(=O)CCn2ccnc2)c1)C1CCS(=O)(=O)C1. The first kappa shape index (κ1) is 21.0. The van der Waals surface area contributed by atoms with Crippen molar-refractivity contribution in [3.05, 3.63) is 48.5 Å². The number of carbonyl (C=O) groups excluding carboxylic acids is 2. The predicted octanol–water partition coefficient (Wildman–Crippen LogP) is 1.95. The molecule has 8 nitrogen and oxygen atoms in total. The van der Waals surface area contributed by atoms with E-state index in [1.165, 1.54) is 0 Å². The lowest BCUT2D eigenvalue weighted by Gasteiger charge is -2.28. The molecule has 1 unspecified atom stereocenters. The van der Waals surface area contributed by atoms with Crippen molar-refractivity contribution in [2.24, 2.45) is 0 Å². The Kier molecular flexibility index (Phi) is 6.68. The first-order valence-electron chi connectivity index (χ1n) is 9.75. The van der Waals surface area contributed by atoms with E-state index in [9.17, 15) is 18.0 Å². The number of benzene rings is 1. The second kappa shape index (κ2) is 9.21. The highest BCUT2D eigenvalue weighted by atomic mass is 32.2. The van der Waals surface area contributed by atoms with Gasteiger partial charge < -0.3 is 14.8 Å². The Morgan fingerprint density at radius 2 is 2.17 bits per heavy atom. The summed E-state index contributed by atoms with van der Waals surface area (Å²) >= 11 is 0. The smallest absolute Gasteiger partial charge is 0.254 e. The molecule has 0 aliphatic carbocycles. The van der Waals surface area contributed by atoms with Gasteiger partial charge in [-0.1, -0.05) is 13.0 Å². The van der Waals surface area contributed by atoms with E-state index in [0.717, 1.165) is 6.42 Å². The zero-order valence-electron chi connectivity index (χ0n) is 16.5. The molecule has 1 atom stereocenters. The number of nitrogens with zero attached hydrogens (tertiary/aromatic N) is 3. The van der Waals surface area contributed by atoms with Crippen molar-refractivity contribution in [2.45, 2.75) is 38.8 Å². The molecule has 2 amide bonds. The van der Waals surface area contributed by atoms with E-state index < -0.39 is 9.84 Å². The van der Waals surface area contributed by atoms with Crippen LogP contribution >= 0.6 is 0 Å². The molecule has 0 spiro atoms. The second-order valence-corrected chi connectivity index (χ2v) is 9.46. The van der Waals surface area contributed by atoms with E-state index in [4.69, 9.17) is 0 Å². The summed E-state index contributed by atoms with van der Waals surface area (Å²) in [5.41, 5.74) is 0.983. The van der Waals surface area contributed by atoms with E-state index >= 15 is 0 Å². The summed E-state index contributed by atoms with van der Waals surface area (Å²) in [6.45, 7) is 2.98. The van der Waals surface area contributed by atoms with E-state index in [1.54, 1.807) is 47.9 Å². The summed E-state index contributed by atoms with van der Waals surface area (Å²) < 4.78 is 25.5. The fourth-order valence-electron chi connectivity index (χ4n) is 3.48. The van der Waals surface area contributed by atoms with Gasteiger partial charge in [0.1, 0.15) is 0 Å². The molecule has 156 valence electrons. The molecule has 1 aliphatic heterocycles. The number of aryl methyl sites for hydroxylation is 1. The molecular weight excluding hydrogens is 392 g/mol. The quantitative estimate of drug-likeness (QED) is 0.706. The molecule has 0 bridgehead atoms. The van der Waals surface area contributed by atoms with Gasteiger partial charge in [-0.25, -0.2) is 13.4 Å². The number of amides is 2. The maximum absolute atomic E-state index is 13.1. The van der Waals surface area contributed by atoms with Gasteiger partial charge in [-0.2, -0.15) is 0 Å². The lowest BCUT2D eigenvalue weighted by Crippen LogP contribution is -2.41. The minimum absolute atomic E-state index is 0.0173. The van der Waals surface area contributed by atoms with Crippen molar-refractivity contribution in [3.63, 3.8) is 0 Å². The Hall–Kier alpha value is -2.68. The Balaban J connectivity index is 1.66.